The third-order valence-corrected chi connectivity index (χ3v) is 4.44. The lowest BCUT2D eigenvalue weighted by Crippen LogP contribution is -2.26. The molecule has 0 aliphatic carbocycles. The van der Waals surface area contributed by atoms with Gasteiger partial charge in [-0.1, -0.05) is 18.2 Å². The summed E-state index contributed by atoms with van der Waals surface area (Å²) in [5, 5.41) is 7.70. The molecule has 2 aromatic carbocycles. The van der Waals surface area contributed by atoms with E-state index in [-0.39, 0.29) is 12.5 Å². The maximum Gasteiger partial charge on any atom is 0.254 e. The number of hydrogen-bond donors (Lipinski definition) is 0. The minimum atomic E-state index is -0.0882. The lowest BCUT2D eigenvalue weighted by atomic mass is 10.0. The van der Waals surface area contributed by atoms with Crippen LogP contribution < -0.4 is 4.74 Å². The van der Waals surface area contributed by atoms with Gasteiger partial charge in [0.1, 0.15) is 5.75 Å². The zero-order chi connectivity index (χ0) is 18.1. The highest BCUT2D eigenvalue weighted by molar-refractivity contribution is 5.94. The van der Waals surface area contributed by atoms with E-state index >= 15 is 0 Å². The molecule has 132 valence electrons. The summed E-state index contributed by atoms with van der Waals surface area (Å²) < 4.78 is 10.9. The number of aromatic nitrogens is 2. The molecule has 0 spiro atoms. The molecular formula is C20H19N3O3. The molecule has 0 fully saturated rings. The summed E-state index contributed by atoms with van der Waals surface area (Å²) >= 11 is 0. The second-order valence-corrected chi connectivity index (χ2v) is 6.37. The first-order chi connectivity index (χ1) is 12.6. The smallest absolute Gasteiger partial charge is 0.254 e. The van der Waals surface area contributed by atoms with Gasteiger partial charge in [-0.25, -0.2) is 0 Å². The summed E-state index contributed by atoms with van der Waals surface area (Å²) in [6.07, 6.45) is 0.944. The van der Waals surface area contributed by atoms with E-state index < -0.39 is 0 Å². The lowest BCUT2D eigenvalue weighted by Gasteiger charge is -2.15. The molecule has 0 saturated carbocycles. The van der Waals surface area contributed by atoms with Gasteiger partial charge in [0.15, 0.2) is 0 Å². The molecule has 1 amide bonds. The largest absolute Gasteiger partial charge is 0.493 e. The van der Waals surface area contributed by atoms with Crippen LogP contribution in [0.15, 0.2) is 46.9 Å². The van der Waals surface area contributed by atoms with E-state index in [1.54, 1.807) is 18.9 Å². The SMILES string of the molecule is Cc1nnc(CN(C)C(=O)c2ccc(-c3ccc4c(c3)CCO4)cc2)o1. The topological polar surface area (TPSA) is 68.5 Å². The van der Waals surface area contributed by atoms with Crippen LogP contribution in [0.3, 0.4) is 0 Å². The van der Waals surface area contributed by atoms with Gasteiger partial charge in [-0.2, -0.15) is 0 Å². The number of carbonyl (C=O) groups excluding carboxylic acids is 1. The molecule has 0 unspecified atom stereocenters. The zero-order valence-corrected chi connectivity index (χ0v) is 14.7. The standard InChI is InChI=1S/C20H19N3O3/c1-13-21-22-19(26-13)12-23(2)20(24)15-5-3-14(4-6-15)16-7-8-18-17(11-16)9-10-25-18/h3-8,11H,9-10,12H2,1-2H3. The van der Waals surface area contributed by atoms with Gasteiger partial charge in [-0.15, -0.1) is 10.2 Å². The van der Waals surface area contributed by atoms with Crippen molar-refractivity contribution >= 4 is 5.91 Å². The van der Waals surface area contributed by atoms with E-state index in [4.69, 9.17) is 9.15 Å². The summed E-state index contributed by atoms with van der Waals surface area (Å²) in [4.78, 5) is 14.1. The number of hydrogen-bond acceptors (Lipinski definition) is 5. The summed E-state index contributed by atoms with van der Waals surface area (Å²) in [7, 11) is 1.72. The molecule has 0 N–H and O–H groups in total. The first kappa shape index (κ1) is 16.3. The molecule has 0 saturated heterocycles. The average molecular weight is 349 g/mol. The van der Waals surface area contributed by atoms with E-state index in [1.165, 1.54) is 5.56 Å². The number of ether oxygens (including phenoxy) is 1. The molecule has 3 aromatic rings. The van der Waals surface area contributed by atoms with Crippen LogP contribution in [0.2, 0.25) is 0 Å². The molecule has 0 radical (unpaired) electrons. The third kappa shape index (κ3) is 3.18. The predicted molar refractivity (Wildman–Crippen MR) is 95.9 cm³/mol. The molecule has 4 rings (SSSR count). The Morgan fingerprint density at radius 3 is 2.62 bits per heavy atom. The van der Waals surface area contributed by atoms with Gasteiger partial charge in [0.05, 0.1) is 13.2 Å². The van der Waals surface area contributed by atoms with Crippen molar-refractivity contribution in [2.45, 2.75) is 19.9 Å². The Kier molecular flexibility index (Phi) is 4.16. The minimum absolute atomic E-state index is 0.0882. The second kappa shape index (κ2) is 6.63. The minimum Gasteiger partial charge on any atom is -0.493 e. The van der Waals surface area contributed by atoms with Crippen LogP contribution in [-0.4, -0.2) is 34.7 Å². The summed E-state index contributed by atoms with van der Waals surface area (Å²) in [6.45, 7) is 2.76. The van der Waals surface area contributed by atoms with Crippen LogP contribution in [0.25, 0.3) is 11.1 Å². The monoisotopic (exact) mass is 349 g/mol. The fourth-order valence-electron chi connectivity index (χ4n) is 3.07. The average Bonchev–Trinajstić information content (AvgIpc) is 3.29. The third-order valence-electron chi connectivity index (χ3n) is 4.44. The Balaban J connectivity index is 1.49. The number of rotatable bonds is 4. The number of benzene rings is 2. The van der Waals surface area contributed by atoms with Gasteiger partial charge in [-0.3, -0.25) is 4.79 Å². The highest BCUT2D eigenvalue weighted by atomic mass is 16.5. The van der Waals surface area contributed by atoms with Crippen LogP contribution in [0.4, 0.5) is 0 Å². The molecule has 26 heavy (non-hydrogen) atoms. The van der Waals surface area contributed by atoms with Gasteiger partial charge >= 0.3 is 0 Å². The van der Waals surface area contributed by atoms with Crippen LogP contribution in [0.5, 0.6) is 5.75 Å². The van der Waals surface area contributed by atoms with Crippen molar-refractivity contribution in [1.29, 1.82) is 0 Å². The molecule has 1 aliphatic rings. The fraction of sp³-hybridized carbons (Fsp3) is 0.250. The van der Waals surface area contributed by atoms with E-state index in [9.17, 15) is 4.79 Å². The highest BCUT2D eigenvalue weighted by Crippen LogP contribution is 2.30. The van der Waals surface area contributed by atoms with Gasteiger partial charge < -0.3 is 14.1 Å². The maximum absolute atomic E-state index is 12.6. The molecule has 6 heteroatoms. The van der Waals surface area contributed by atoms with Crippen molar-refractivity contribution in [2.24, 2.45) is 0 Å². The predicted octanol–water partition coefficient (Wildman–Crippen LogP) is 3.25. The first-order valence-electron chi connectivity index (χ1n) is 8.51. The van der Waals surface area contributed by atoms with Crippen LogP contribution in [0.1, 0.15) is 27.7 Å². The maximum atomic E-state index is 12.6. The Hall–Kier alpha value is -3.15. The second-order valence-electron chi connectivity index (χ2n) is 6.37. The first-order valence-corrected chi connectivity index (χ1v) is 8.51. The summed E-state index contributed by atoms with van der Waals surface area (Å²) in [6, 6.07) is 13.8. The molecule has 6 nitrogen and oxygen atoms in total. The molecule has 2 heterocycles. The van der Waals surface area contributed by atoms with Gasteiger partial charge in [0.2, 0.25) is 11.8 Å². The number of nitrogens with zero attached hydrogens (tertiary/aromatic N) is 3. The molecule has 0 atom stereocenters. The Morgan fingerprint density at radius 2 is 1.88 bits per heavy atom. The molecule has 1 aliphatic heterocycles. The van der Waals surface area contributed by atoms with Crippen LogP contribution in [-0.2, 0) is 13.0 Å². The molecule has 1 aromatic heterocycles. The number of aryl methyl sites for hydroxylation is 1. The van der Waals surface area contributed by atoms with Crippen molar-refractivity contribution < 1.29 is 13.9 Å². The van der Waals surface area contributed by atoms with E-state index in [1.807, 2.05) is 36.4 Å². The van der Waals surface area contributed by atoms with Crippen LogP contribution >= 0.6 is 0 Å². The Labute approximate surface area is 151 Å². The van der Waals surface area contributed by atoms with Crippen LogP contribution in [0, 0.1) is 6.92 Å². The van der Waals surface area contributed by atoms with Crippen molar-refractivity contribution in [3.63, 3.8) is 0 Å². The van der Waals surface area contributed by atoms with Gasteiger partial charge in [0, 0.05) is 26.0 Å². The van der Waals surface area contributed by atoms with Gasteiger partial charge in [-0.05, 0) is 41.0 Å². The Morgan fingerprint density at radius 1 is 1.12 bits per heavy atom. The quantitative estimate of drug-likeness (QED) is 0.723. The number of fused-ring (bicyclic) bond motifs is 1. The molecular weight excluding hydrogens is 330 g/mol. The summed E-state index contributed by atoms with van der Waals surface area (Å²) in [5.41, 5.74) is 4.06. The summed E-state index contributed by atoms with van der Waals surface area (Å²) in [5.74, 6) is 1.80. The number of amides is 1. The highest BCUT2D eigenvalue weighted by Gasteiger charge is 2.16. The zero-order valence-electron chi connectivity index (χ0n) is 14.7. The van der Waals surface area contributed by atoms with Crippen molar-refractivity contribution in [3.8, 4) is 16.9 Å². The van der Waals surface area contributed by atoms with Crippen molar-refractivity contribution in [2.75, 3.05) is 13.7 Å². The van der Waals surface area contributed by atoms with Crippen molar-refractivity contribution in [3.05, 3.63) is 65.4 Å². The van der Waals surface area contributed by atoms with Gasteiger partial charge in [0.25, 0.3) is 5.91 Å². The van der Waals surface area contributed by atoms with E-state index in [0.717, 1.165) is 29.9 Å². The van der Waals surface area contributed by atoms with E-state index in [0.29, 0.717) is 17.3 Å². The number of carbonyl (C=O) groups is 1. The lowest BCUT2D eigenvalue weighted by molar-refractivity contribution is 0.0772. The van der Waals surface area contributed by atoms with E-state index in [2.05, 4.69) is 16.3 Å². The molecule has 0 bridgehead atoms. The van der Waals surface area contributed by atoms with Crippen molar-refractivity contribution in [1.82, 2.24) is 15.1 Å². The Bertz CT molecular complexity index is 947. The normalized spacial score (nSPS) is 12.5. The fourth-order valence-corrected chi connectivity index (χ4v) is 3.07.